The van der Waals surface area contributed by atoms with Crippen LogP contribution in [0, 0.1) is 0 Å². The lowest BCUT2D eigenvalue weighted by Gasteiger charge is -2.20. The predicted octanol–water partition coefficient (Wildman–Crippen LogP) is 4.03. The SMILES string of the molecule is CCCCCCC(CCC)c1cccc(S(=O)(=O)O)c1S(=O)(=O)O. The third kappa shape index (κ3) is 5.84. The predicted molar refractivity (Wildman–Crippen MR) is 92.5 cm³/mol. The molecule has 2 N–H and O–H groups in total. The van der Waals surface area contributed by atoms with Crippen LogP contribution in [0.3, 0.4) is 0 Å². The second kappa shape index (κ2) is 8.94. The summed E-state index contributed by atoms with van der Waals surface area (Å²) in [6.45, 7) is 4.05. The molecule has 0 aromatic heterocycles. The van der Waals surface area contributed by atoms with Crippen LogP contribution in [-0.4, -0.2) is 25.9 Å². The summed E-state index contributed by atoms with van der Waals surface area (Å²) in [5.74, 6) is -0.189. The Morgan fingerprint density at radius 1 is 0.875 bits per heavy atom. The Hall–Kier alpha value is -0.960. The van der Waals surface area contributed by atoms with Crippen molar-refractivity contribution in [3.05, 3.63) is 23.8 Å². The highest BCUT2D eigenvalue weighted by Crippen LogP contribution is 2.35. The highest BCUT2D eigenvalue weighted by atomic mass is 32.2. The van der Waals surface area contributed by atoms with Crippen LogP contribution in [0.4, 0.5) is 0 Å². The van der Waals surface area contributed by atoms with Crippen LogP contribution in [0.1, 0.15) is 70.3 Å². The van der Waals surface area contributed by atoms with Crippen molar-refractivity contribution in [2.75, 3.05) is 0 Å². The molecule has 0 heterocycles. The van der Waals surface area contributed by atoms with Gasteiger partial charge in [0.2, 0.25) is 0 Å². The molecule has 0 bridgehead atoms. The van der Waals surface area contributed by atoms with Gasteiger partial charge in [0, 0.05) is 0 Å². The average molecular weight is 379 g/mol. The maximum Gasteiger partial charge on any atom is 0.296 e. The fourth-order valence-corrected chi connectivity index (χ4v) is 5.04. The van der Waals surface area contributed by atoms with Gasteiger partial charge in [0.15, 0.2) is 0 Å². The molecular formula is C16H26O6S2. The van der Waals surface area contributed by atoms with Crippen LogP contribution in [-0.2, 0) is 20.2 Å². The van der Waals surface area contributed by atoms with Crippen molar-refractivity contribution in [2.24, 2.45) is 0 Å². The Balaban J connectivity index is 3.38. The molecule has 6 nitrogen and oxygen atoms in total. The first-order chi connectivity index (χ1) is 11.1. The van der Waals surface area contributed by atoms with Crippen molar-refractivity contribution in [1.29, 1.82) is 0 Å². The molecule has 1 unspecified atom stereocenters. The molecule has 0 aliphatic rings. The molecule has 138 valence electrons. The van der Waals surface area contributed by atoms with E-state index in [0.717, 1.165) is 38.2 Å². The Labute approximate surface area is 144 Å². The second-order valence-electron chi connectivity index (χ2n) is 5.96. The first-order valence-electron chi connectivity index (χ1n) is 8.20. The number of hydrogen-bond acceptors (Lipinski definition) is 4. The molecule has 0 amide bonds. The van der Waals surface area contributed by atoms with Crippen LogP contribution < -0.4 is 0 Å². The average Bonchev–Trinajstić information content (AvgIpc) is 2.48. The molecule has 0 fully saturated rings. The van der Waals surface area contributed by atoms with Crippen LogP contribution in [0.25, 0.3) is 0 Å². The van der Waals surface area contributed by atoms with Gasteiger partial charge in [0.1, 0.15) is 9.79 Å². The van der Waals surface area contributed by atoms with Gasteiger partial charge in [-0.25, -0.2) is 0 Å². The zero-order valence-electron chi connectivity index (χ0n) is 14.1. The minimum Gasteiger partial charge on any atom is -0.282 e. The third-order valence-electron chi connectivity index (χ3n) is 4.03. The molecule has 1 aromatic rings. The molecule has 0 aliphatic heterocycles. The van der Waals surface area contributed by atoms with E-state index in [4.69, 9.17) is 0 Å². The van der Waals surface area contributed by atoms with Crippen molar-refractivity contribution in [3.63, 3.8) is 0 Å². The summed E-state index contributed by atoms with van der Waals surface area (Å²) >= 11 is 0. The fourth-order valence-electron chi connectivity index (χ4n) is 2.95. The van der Waals surface area contributed by atoms with Gasteiger partial charge in [-0.15, -0.1) is 0 Å². The zero-order chi connectivity index (χ0) is 18.4. The van der Waals surface area contributed by atoms with E-state index >= 15 is 0 Å². The Bertz CT molecular complexity index is 738. The Morgan fingerprint density at radius 3 is 2.04 bits per heavy atom. The van der Waals surface area contributed by atoms with Crippen LogP contribution in [0.2, 0.25) is 0 Å². The molecule has 0 saturated carbocycles. The minimum atomic E-state index is -4.79. The van der Waals surface area contributed by atoms with E-state index < -0.39 is 30.0 Å². The Morgan fingerprint density at radius 2 is 1.54 bits per heavy atom. The first kappa shape index (κ1) is 21.1. The molecule has 0 spiro atoms. The van der Waals surface area contributed by atoms with Gasteiger partial charge in [-0.3, -0.25) is 9.11 Å². The smallest absolute Gasteiger partial charge is 0.282 e. The quantitative estimate of drug-likeness (QED) is 0.470. The van der Waals surface area contributed by atoms with E-state index in [-0.39, 0.29) is 11.5 Å². The van der Waals surface area contributed by atoms with Crippen LogP contribution >= 0.6 is 0 Å². The molecule has 0 aliphatic carbocycles. The van der Waals surface area contributed by atoms with Crippen LogP contribution in [0.15, 0.2) is 28.0 Å². The maximum absolute atomic E-state index is 11.8. The van der Waals surface area contributed by atoms with Crippen LogP contribution in [0.5, 0.6) is 0 Å². The van der Waals surface area contributed by atoms with E-state index in [1.54, 1.807) is 0 Å². The lowest BCUT2D eigenvalue weighted by Crippen LogP contribution is -2.14. The summed E-state index contributed by atoms with van der Waals surface area (Å²) in [7, 11) is -9.54. The summed E-state index contributed by atoms with van der Waals surface area (Å²) in [5, 5.41) is 0. The minimum absolute atomic E-state index is 0.189. The van der Waals surface area contributed by atoms with Gasteiger partial charge in [-0.2, -0.15) is 16.8 Å². The van der Waals surface area contributed by atoms with Crippen molar-refractivity contribution < 1.29 is 25.9 Å². The molecule has 1 rings (SSSR count). The van der Waals surface area contributed by atoms with Crippen molar-refractivity contribution in [3.8, 4) is 0 Å². The topological polar surface area (TPSA) is 109 Å². The normalized spacial score (nSPS) is 13.8. The highest BCUT2D eigenvalue weighted by molar-refractivity contribution is 7.89. The van der Waals surface area contributed by atoms with Gasteiger partial charge in [-0.05, 0) is 30.4 Å². The van der Waals surface area contributed by atoms with E-state index in [1.165, 1.54) is 12.1 Å². The summed E-state index contributed by atoms with van der Waals surface area (Å²) in [4.78, 5) is -1.46. The molecule has 8 heteroatoms. The molecule has 1 aromatic carbocycles. The van der Waals surface area contributed by atoms with E-state index in [1.807, 2.05) is 6.92 Å². The van der Waals surface area contributed by atoms with Gasteiger partial charge in [-0.1, -0.05) is 58.1 Å². The Kier molecular flexibility index (Phi) is 7.85. The molecule has 0 saturated heterocycles. The summed E-state index contributed by atoms with van der Waals surface area (Å²) in [6, 6.07) is 3.89. The molecule has 24 heavy (non-hydrogen) atoms. The zero-order valence-corrected chi connectivity index (χ0v) is 15.7. The van der Waals surface area contributed by atoms with Gasteiger partial charge in [0.25, 0.3) is 20.2 Å². The molecule has 1 atom stereocenters. The number of benzene rings is 1. The number of hydrogen-bond donors (Lipinski definition) is 2. The number of rotatable bonds is 10. The molecular weight excluding hydrogens is 352 g/mol. The van der Waals surface area contributed by atoms with Crippen molar-refractivity contribution >= 4 is 20.2 Å². The highest BCUT2D eigenvalue weighted by Gasteiger charge is 2.29. The monoisotopic (exact) mass is 378 g/mol. The lowest BCUT2D eigenvalue weighted by atomic mass is 9.89. The summed E-state index contributed by atoms with van der Waals surface area (Å²) in [5.41, 5.74) is 0.256. The second-order valence-corrected chi connectivity index (χ2v) is 8.71. The fraction of sp³-hybridized carbons (Fsp3) is 0.625. The van der Waals surface area contributed by atoms with Gasteiger partial charge < -0.3 is 0 Å². The molecule has 0 radical (unpaired) electrons. The van der Waals surface area contributed by atoms with Gasteiger partial charge in [0.05, 0.1) is 0 Å². The lowest BCUT2D eigenvalue weighted by molar-refractivity contribution is 0.458. The summed E-state index contributed by atoms with van der Waals surface area (Å²) < 4.78 is 65.4. The van der Waals surface area contributed by atoms with Crippen molar-refractivity contribution in [2.45, 2.75) is 74.5 Å². The third-order valence-corrected chi connectivity index (χ3v) is 6.03. The number of unbranched alkanes of at least 4 members (excludes halogenated alkanes) is 3. The summed E-state index contributed by atoms with van der Waals surface area (Å²) in [6.07, 6.45) is 6.21. The van der Waals surface area contributed by atoms with Crippen molar-refractivity contribution in [1.82, 2.24) is 0 Å². The van der Waals surface area contributed by atoms with Gasteiger partial charge >= 0.3 is 0 Å². The largest absolute Gasteiger partial charge is 0.296 e. The van der Waals surface area contributed by atoms with E-state index in [9.17, 15) is 25.9 Å². The maximum atomic E-state index is 11.8. The van der Waals surface area contributed by atoms with E-state index in [2.05, 4.69) is 6.92 Å². The van der Waals surface area contributed by atoms with E-state index in [0.29, 0.717) is 12.8 Å². The standard InChI is InChI=1S/C16H26O6S2/c1-3-5-6-7-10-13(9-4-2)14-11-8-12-15(23(17,18)19)16(14)24(20,21)22/h8,11-13H,3-7,9-10H2,1-2H3,(H,17,18,19)(H,20,21,22). The first-order valence-corrected chi connectivity index (χ1v) is 11.1.